The number of aryl methyl sites for hydroxylation is 1. The summed E-state index contributed by atoms with van der Waals surface area (Å²) in [6.45, 7) is 3.24. The molecule has 0 saturated carbocycles. The molecule has 2 aromatic carbocycles. The number of fused-ring (bicyclic) bond motifs is 1. The highest BCUT2D eigenvalue weighted by atomic mass is 32.1. The lowest BCUT2D eigenvalue weighted by atomic mass is 10.2. The largest absolute Gasteiger partial charge is 0.308 e. The highest BCUT2D eigenvalue weighted by molar-refractivity contribution is 7.22. The van der Waals surface area contributed by atoms with E-state index in [0.717, 1.165) is 15.8 Å². The maximum Gasteiger partial charge on any atom is 0.260 e. The van der Waals surface area contributed by atoms with Crippen molar-refractivity contribution in [3.05, 3.63) is 59.4 Å². The molecule has 0 radical (unpaired) electrons. The van der Waals surface area contributed by atoms with Crippen LogP contribution in [0.3, 0.4) is 0 Å². The molecule has 6 heteroatoms. The Bertz CT molecular complexity index is 889. The van der Waals surface area contributed by atoms with Crippen LogP contribution in [0.15, 0.2) is 42.5 Å². The number of nitrogens with zero attached hydrogens (tertiary/aromatic N) is 3. The van der Waals surface area contributed by atoms with Gasteiger partial charge in [0.25, 0.3) is 5.91 Å². The van der Waals surface area contributed by atoms with Gasteiger partial charge in [-0.1, -0.05) is 23.5 Å². The first-order valence-electron chi connectivity index (χ1n) is 8.04. The van der Waals surface area contributed by atoms with Crippen molar-refractivity contribution in [2.24, 2.45) is 0 Å². The Morgan fingerprint density at radius 2 is 1.84 bits per heavy atom. The number of likely N-dealkylation sites (N-methyl/N-ethyl adjacent to an activating group) is 1. The highest BCUT2D eigenvalue weighted by Crippen LogP contribution is 2.31. The van der Waals surface area contributed by atoms with Crippen LogP contribution in [0.4, 0.5) is 9.52 Å². The third-order valence-electron chi connectivity index (χ3n) is 3.95. The number of rotatable bonds is 5. The molecule has 0 spiro atoms. The minimum atomic E-state index is -0.355. The zero-order chi connectivity index (χ0) is 18.0. The molecule has 0 N–H and O–H groups in total. The van der Waals surface area contributed by atoms with E-state index in [-0.39, 0.29) is 11.7 Å². The Labute approximate surface area is 150 Å². The van der Waals surface area contributed by atoms with Crippen molar-refractivity contribution < 1.29 is 9.18 Å². The van der Waals surface area contributed by atoms with E-state index in [9.17, 15) is 9.18 Å². The average molecular weight is 357 g/mol. The lowest BCUT2D eigenvalue weighted by Gasteiger charge is -2.22. The van der Waals surface area contributed by atoms with Gasteiger partial charge in [-0.25, -0.2) is 9.37 Å². The maximum absolute atomic E-state index is 13.2. The molecule has 1 amide bonds. The summed E-state index contributed by atoms with van der Waals surface area (Å²) >= 11 is 1.50. The minimum Gasteiger partial charge on any atom is -0.308 e. The van der Waals surface area contributed by atoms with E-state index >= 15 is 0 Å². The quantitative estimate of drug-likeness (QED) is 0.694. The van der Waals surface area contributed by atoms with E-state index in [4.69, 9.17) is 0 Å². The second-order valence-electron chi connectivity index (χ2n) is 6.19. The van der Waals surface area contributed by atoms with Crippen molar-refractivity contribution in [1.29, 1.82) is 0 Å². The van der Waals surface area contributed by atoms with Gasteiger partial charge >= 0.3 is 0 Å². The van der Waals surface area contributed by atoms with Crippen LogP contribution >= 0.6 is 11.3 Å². The zero-order valence-electron chi connectivity index (χ0n) is 14.5. The summed E-state index contributed by atoms with van der Waals surface area (Å²) in [4.78, 5) is 21.4. The normalized spacial score (nSPS) is 11.2. The molecule has 4 nitrogen and oxygen atoms in total. The molecule has 0 atom stereocenters. The number of para-hydroxylation sites is 1. The van der Waals surface area contributed by atoms with E-state index in [1.165, 1.54) is 35.6 Å². The summed E-state index contributed by atoms with van der Waals surface area (Å²) in [6, 6.07) is 11.6. The van der Waals surface area contributed by atoms with Crippen LogP contribution in [-0.2, 0) is 0 Å². The molecular formula is C19H20FN3OS. The Morgan fingerprint density at radius 1 is 1.12 bits per heavy atom. The Balaban J connectivity index is 1.99. The first-order chi connectivity index (χ1) is 12.0. The summed E-state index contributed by atoms with van der Waals surface area (Å²) in [5.41, 5.74) is 2.46. The molecule has 1 heterocycles. The van der Waals surface area contributed by atoms with Crippen LogP contribution in [-0.4, -0.2) is 43.0 Å². The van der Waals surface area contributed by atoms with Crippen LogP contribution in [0.1, 0.15) is 15.9 Å². The van der Waals surface area contributed by atoms with E-state index < -0.39 is 0 Å². The van der Waals surface area contributed by atoms with Gasteiger partial charge in [-0.05, 0) is 56.9 Å². The average Bonchev–Trinajstić information content (AvgIpc) is 3.00. The molecule has 0 aliphatic heterocycles. The maximum atomic E-state index is 13.2. The number of hydrogen-bond donors (Lipinski definition) is 0. The van der Waals surface area contributed by atoms with E-state index in [2.05, 4.69) is 4.98 Å². The first-order valence-corrected chi connectivity index (χ1v) is 8.85. The van der Waals surface area contributed by atoms with Crippen LogP contribution in [0.25, 0.3) is 10.2 Å². The molecule has 130 valence electrons. The second-order valence-corrected chi connectivity index (χ2v) is 7.19. The lowest BCUT2D eigenvalue weighted by molar-refractivity contribution is 0.0985. The van der Waals surface area contributed by atoms with Crippen molar-refractivity contribution in [2.45, 2.75) is 6.92 Å². The Kier molecular flexibility index (Phi) is 5.11. The van der Waals surface area contributed by atoms with Crippen LogP contribution < -0.4 is 4.90 Å². The molecule has 0 bridgehead atoms. The monoisotopic (exact) mass is 357 g/mol. The van der Waals surface area contributed by atoms with Gasteiger partial charge in [-0.3, -0.25) is 9.69 Å². The Hall–Kier alpha value is -2.31. The standard InChI is InChI=1S/C19H20FN3OS/c1-13-5-4-6-16-17(13)21-19(25-16)23(12-11-22(2)3)18(24)14-7-9-15(20)10-8-14/h4-10H,11-12H2,1-3H3. The van der Waals surface area contributed by atoms with Crippen LogP contribution in [0.5, 0.6) is 0 Å². The van der Waals surface area contributed by atoms with E-state index in [1.54, 1.807) is 4.90 Å². The topological polar surface area (TPSA) is 36.4 Å². The van der Waals surface area contributed by atoms with Crippen molar-refractivity contribution in [1.82, 2.24) is 9.88 Å². The third kappa shape index (κ3) is 3.86. The molecule has 3 rings (SSSR count). The fraction of sp³-hybridized carbons (Fsp3) is 0.263. The number of aromatic nitrogens is 1. The Morgan fingerprint density at radius 3 is 2.48 bits per heavy atom. The van der Waals surface area contributed by atoms with Gasteiger partial charge < -0.3 is 4.90 Å². The van der Waals surface area contributed by atoms with E-state index in [1.807, 2.05) is 44.1 Å². The highest BCUT2D eigenvalue weighted by Gasteiger charge is 2.21. The first kappa shape index (κ1) is 17.5. The number of carbonyl (C=O) groups excluding carboxylic acids is 1. The second kappa shape index (κ2) is 7.29. The molecule has 25 heavy (non-hydrogen) atoms. The van der Waals surface area contributed by atoms with Crippen molar-refractivity contribution in [2.75, 3.05) is 32.1 Å². The van der Waals surface area contributed by atoms with Gasteiger partial charge in [0, 0.05) is 18.7 Å². The summed E-state index contributed by atoms with van der Waals surface area (Å²) in [6.07, 6.45) is 0. The number of halogens is 1. The predicted octanol–water partition coefficient (Wildman–Crippen LogP) is 3.95. The summed E-state index contributed by atoms with van der Waals surface area (Å²) in [5.74, 6) is -0.523. The number of carbonyl (C=O) groups is 1. The number of hydrogen-bond acceptors (Lipinski definition) is 4. The summed E-state index contributed by atoms with van der Waals surface area (Å²) in [7, 11) is 3.92. The minimum absolute atomic E-state index is 0.168. The SMILES string of the molecule is Cc1cccc2sc(N(CCN(C)C)C(=O)c3ccc(F)cc3)nc12. The number of anilines is 1. The molecule has 1 aromatic heterocycles. The van der Waals surface area contributed by atoms with Gasteiger partial charge in [0.05, 0.1) is 10.2 Å². The van der Waals surface area contributed by atoms with Gasteiger partial charge in [0.15, 0.2) is 5.13 Å². The lowest BCUT2D eigenvalue weighted by Crippen LogP contribution is -2.36. The van der Waals surface area contributed by atoms with Crippen molar-refractivity contribution in [3.63, 3.8) is 0 Å². The molecule has 0 unspecified atom stereocenters. The predicted molar refractivity (Wildman–Crippen MR) is 101 cm³/mol. The molecule has 0 saturated heterocycles. The van der Waals surface area contributed by atoms with Gasteiger partial charge in [0.1, 0.15) is 5.82 Å². The molecular weight excluding hydrogens is 337 g/mol. The van der Waals surface area contributed by atoms with Gasteiger partial charge in [0.2, 0.25) is 0 Å². The molecule has 0 aliphatic rings. The van der Waals surface area contributed by atoms with Crippen LogP contribution in [0.2, 0.25) is 0 Å². The fourth-order valence-corrected chi connectivity index (χ4v) is 3.59. The van der Waals surface area contributed by atoms with Crippen molar-refractivity contribution in [3.8, 4) is 0 Å². The molecule has 3 aromatic rings. The third-order valence-corrected chi connectivity index (χ3v) is 4.99. The van der Waals surface area contributed by atoms with Crippen molar-refractivity contribution >= 4 is 32.6 Å². The molecule has 0 fully saturated rings. The zero-order valence-corrected chi connectivity index (χ0v) is 15.3. The number of thiazole rings is 1. The summed E-state index contributed by atoms with van der Waals surface area (Å²) < 4.78 is 14.2. The molecule has 0 aliphatic carbocycles. The fourth-order valence-electron chi connectivity index (χ4n) is 2.52. The van der Waals surface area contributed by atoms with Gasteiger partial charge in [-0.15, -0.1) is 0 Å². The number of amides is 1. The summed E-state index contributed by atoms with van der Waals surface area (Å²) in [5, 5.41) is 0.667. The van der Waals surface area contributed by atoms with Crippen LogP contribution in [0, 0.1) is 12.7 Å². The number of benzene rings is 2. The van der Waals surface area contributed by atoms with E-state index in [0.29, 0.717) is 23.8 Å². The smallest absolute Gasteiger partial charge is 0.260 e. The van der Waals surface area contributed by atoms with Gasteiger partial charge in [-0.2, -0.15) is 0 Å².